The van der Waals surface area contributed by atoms with Gasteiger partial charge in [-0.1, -0.05) is 17.8 Å². The molecular formula is C17H15F6N3O3. The Balaban J connectivity index is 0.000000370. The number of aliphatic carboxylic acids is 1. The van der Waals surface area contributed by atoms with E-state index in [9.17, 15) is 26.3 Å². The van der Waals surface area contributed by atoms with Gasteiger partial charge in [0.15, 0.2) is 5.82 Å². The van der Waals surface area contributed by atoms with Crippen molar-refractivity contribution in [3.05, 3.63) is 59.5 Å². The number of nitrogens with zero attached hydrogens (tertiary/aromatic N) is 2. The molecule has 1 aromatic heterocycles. The van der Waals surface area contributed by atoms with Crippen LogP contribution in [0.25, 0.3) is 0 Å². The number of rotatable bonds is 5. The van der Waals surface area contributed by atoms with E-state index in [0.717, 1.165) is 0 Å². The Kier molecular flexibility index (Phi) is 6.67. The van der Waals surface area contributed by atoms with Crippen molar-refractivity contribution in [2.75, 3.05) is 13.1 Å². The highest BCUT2D eigenvalue weighted by atomic mass is 19.4. The predicted molar refractivity (Wildman–Crippen MR) is 86.4 cm³/mol. The minimum atomic E-state index is -5.08. The molecule has 29 heavy (non-hydrogen) atoms. The highest BCUT2D eigenvalue weighted by Crippen LogP contribution is 2.35. The Morgan fingerprint density at radius 1 is 1.28 bits per heavy atom. The first-order valence-electron chi connectivity index (χ1n) is 8.05. The summed E-state index contributed by atoms with van der Waals surface area (Å²) in [6, 6.07) is 3.62. The van der Waals surface area contributed by atoms with Gasteiger partial charge in [0.2, 0.25) is 5.89 Å². The predicted octanol–water partition coefficient (Wildman–Crippen LogP) is 3.19. The van der Waals surface area contributed by atoms with Crippen LogP contribution in [0.5, 0.6) is 0 Å². The molecule has 1 saturated heterocycles. The number of carbonyl (C=O) groups is 1. The van der Waals surface area contributed by atoms with Crippen LogP contribution in [0.4, 0.5) is 26.3 Å². The number of halogens is 6. The molecule has 1 aliphatic rings. The van der Waals surface area contributed by atoms with Gasteiger partial charge in [-0.05, 0) is 12.1 Å². The van der Waals surface area contributed by atoms with Gasteiger partial charge in [-0.15, -0.1) is 0 Å². The van der Waals surface area contributed by atoms with Crippen LogP contribution in [0.2, 0.25) is 0 Å². The van der Waals surface area contributed by atoms with Gasteiger partial charge in [0.05, 0.1) is 5.41 Å². The van der Waals surface area contributed by atoms with Crippen molar-refractivity contribution in [3.8, 4) is 0 Å². The van der Waals surface area contributed by atoms with Gasteiger partial charge >= 0.3 is 12.1 Å². The highest BCUT2D eigenvalue weighted by Gasteiger charge is 2.42. The van der Waals surface area contributed by atoms with Crippen LogP contribution < -0.4 is 5.32 Å². The van der Waals surface area contributed by atoms with E-state index in [1.165, 1.54) is 18.2 Å². The number of nitrogens with one attached hydrogen (secondary N) is 1. The summed E-state index contributed by atoms with van der Waals surface area (Å²) in [5, 5.41) is 13.8. The number of carboxylic acid groups (broad SMARTS) is 1. The fourth-order valence-electron chi connectivity index (χ4n) is 2.42. The third-order valence-electron chi connectivity index (χ3n) is 4.14. The van der Waals surface area contributed by atoms with E-state index in [0.29, 0.717) is 13.1 Å². The SMILES string of the molecule is C=C(F)C1(Cc2nc(Cc3c(F)cccc3F)no2)CNC1.O=C(O)C(F)(F)F. The van der Waals surface area contributed by atoms with Crippen molar-refractivity contribution >= 4 is 5.97 Å². The maximum atomic E-state index is 13.6. The number of carboxylic acids is 1. The van der Waals surface area contributed by atoms with E-state index in [4.69, 9.17) is 14.4 Å². The van der Waals surface area contributed by atoms with Gasteiger partial charge in [-0.3, -0.25) is 0 Å². The van der Waals surface area contributed by atoms with Crippen LogP contribution in [-0.2, 0) is 17.6 Å². The number of hydrogen-bond acceptors (Lipinski definition) is 5. The molecule has 0 radical (unpaired) electrons. The van der Waals surface area contributed by atoms with Gasteiger partial charge in [0.25, 0.3) is 0 Å². The fourth-order valence-corrected chi connectivity index (χ4v) is 2.42. The Labute approximate surface area is 160 Å². The lowest BCUT2D eigenvalue weighted by molar-refractivity contribution is -0.192. The molecule has 0 atom stereocenters. The molecule has 0 unspecified atom stereocenters. The summed E-state index contributed by atoms with van der Waals surface area (Å²) in [6.07, 6.45) is -4.99. The number of hydrogen-bond donors (Lipinski definition) is 2. The highest BCUT2D eigenvalue weighted by molar-refractivity contribution is 5.73. The number of aromatic nitrogens is 2. The molecule has 158 valence electrons. The van der Waals surface area contributed by atoms with Crippen LogP contribution in [0, 0.1) is 17.0 Å². The van der Waals surface area contributed by atoms with Crippen molar-refractivity contribution in [1.82, 2.24) is 15.5 Å². The first-order chi connectivity index (χ1) is 13.4. The van der Waals surface area contributed by atoms with Crippen LogP contribution in [-0.4, -0.2) is 40.5 Å². The van der Waals surface area contributed by atoms with Gasteiger partial charge in [0, 0.05) is 31.5 Å². The Hall–Kier alpha value is -2.89. The molecule has 0 aliphatic carbocycles. The first kappa shape index (κ1) is 22.4. The summed E-state index contributed by atoms with van der Waals surface area (Å²) < 4.78 is 77.5. The topological polar surface area (TPSA) is 88.3 Å². The van der Waals surface area contributed by atoms with Crippen molar-refractivity contribution in [3.63, 3.8) is 0 Å². The first-order valence-corrected chi connectivity index (χ1v) is 8.05. The molecule has 2 N–H and O–H groups in total. The van der Waals surface area contributed by atoms with E-state index in [1.54, 1.807) is 0 Å². The average Bonchev–Trinajstić information content (AvgIpc) is 3.01. The molecule has 1 fully saturated rings. The molecule has 1 aromatic carbocycles. The van der Waals surface area contributed by atoms with Crippen LogP contribution in [0.3, 0.4) is 0 Å². The second kappa shape index (κ2) is 8.64. The average molecular weight is 423 g/mol. The molecule has 2 heterocycles. The van der Waals surface area contributed by atoms with Gasteiger partial charge < -0.3 is 14.9 Å². The Bertz CT molecular complexity index is 873. The summed E-state index contributed by atoms with van der Waals surface area (Å²) in [5.74, 6) is -4.14. The van der Waals surface area contributed by atoms with Crippen LogP contribution in [0.1, 0.15) is 17.3 Å². The van der Waals surface area contributed by atoms with Gasteiger partial charge in [0.1, 0.15) is 17.5 Å². The normalized spacial score (nSPS) is 15.1. The lowest BCUT2D eigenvalue weighted by Gasteiger charge is -2.40. The zero-order chi connectivity index (χ0) is 21.8. The third-order valence-corrected chi connectivity index (χ3v) is 4.14. The minimum Gasteiger partial charge on any atom is -0.475 e. The number of benzene rings is 1. The summed E-state index contributed by atoms with van der Waals surface area (Å²) >= 11 is 0. The maximum absolute atomic E-state index is 13.6. The van der Waals surface area contributed by atoms with E-state index >= 15 is 0 Å². The largest absolute Gasteiger partial charge is 0.490 e. The molecule has 0 spiro atoms. The van der Waals surface area contributed by atoms with Crippen molar-refractivity contribution in [1.29, 1.82) is 0 Å². The summed E-state index contributed by atoms with van der Waals surface area (Å²) in [4.78, 5) is 13.0. The van der Waals surface area contributed by atoms with Crippen molar-refractivity contribution < 1.29 is 40.8 Å². The molecule has 6 nitrogen and oxygen atoms in total. The standard InChI is InChI=1S/C15H14F3N3O.C2HF3O2/c1-9(16)15(7-19-8-15)6-14-20-13(21-22-14)5-10-11(17)3-2-4-12(10)18;3-2(4,5)1(6)7/h2-4,19H,1,5-8H2;(H,6,7). The lowest BCUT2D eigenvalue weighted by atomic mass is 9.78. The van der Waals surface area contributed by atoms with E-state index in [1.807, 2.05) is 0 Å². The monoisotopic (exact) mass is 423 g/mol. The second-order valence-corrected chi connectivity index (χ2v) is 6.25. The Morgan fingerprint density at radius 2 is 1.83 bits per heavy atom. The van der Waals surface area contributed by atoms with Crippen LogP contribution in [0.15, 0.2) is 35.1 Å². The van der Waals surface area contributed by atoms with Crippen molar-refractivity contribution in [2.45, 2.75) is 19.0 Å². The summed E-state index contributed by atoms with van der Waals surface area (Å²) in [7, 11) is 0. The summed E-state index contributed by atoms with van der Waals surface area (Å²) in [5.41, 5.74) is -0.850. The molecule has 12 heteroatoms. The summed E-state index contributed by atoms with van der Waals surface area (Å²) in [6.45, 7) is 4.24. The maximum Gasteiger partial charge on any atom is 0.490 e. The number of alkyl halides is 3. The zero-order valence-electron chi connectivity index (χ0n) is 14.7. The smallest absolute Gasteiger partial charge is 0.475 e. The van der Waals surface area contributed by atoms with E-state index in [-0.39, 0.29) is 30.1 Å². The fraction of sp³-hybridized carbons (Fsp3) is 0.353. The van der Waals surface area contributed by atoms with Gasteiger partial charge in [-0.25, -0.2) is 18.0 Å². The lowest BCUT2D eigenvalue weighted by Crippen LogP contribution is -2.55. The van der Waals surface area contributed by atoms with Gasteiger partial charge in [-0.2, -0.15) is 18.2 Å². The Morgan fingerprint density at radius 3 is 2.24 bits per heavy atom. The molecule has 1 aliphatic heterocycles. The molecule has 0 saturated carbocycles. The molecule has 0 bridgehead atoms. The molecule has 2 aromatic rings. The second-order valence-electron chi connectivity index (χ2n) is 6.25. The molecular weight excluding hydrogens is 408 g/mol. The van der Waals surface area contributed by atoms with Crippen molar-refractivity contribution in [2.24, 2.45) is 5.41 Å². The van der Waals surface area contributed by atoms with Crippen LogP contribution >= 0.6 is 0 Å². The van der Waals surface area contributed by atoms with E-state index in [2.05, 4.69) is 22.0 Å². The molecule has 3 rings (SSSR count). The third kappa shape index (κ3) is 5.56. The quantitative estimate of drug-likeness (QED) is 0.719. The molecule has 0 amide bonds. The van der Waals surface area contributed by atoms with E-state index < -0.39 is 35.0 Å². The minimum absolute atomic E-state index is 0.121. The zero-order valence-corrected chi connectivity index (χ0v) is 14.7.